The standard InChI is InChI=1S/C15H20BrF3N2O2/c16-12-8-11(9-13(10-12)23-15(17,18)19)14(2-1-7-22)21-5-3-20-4-6-21/h8-10,14,20,22H,1-7H2/t14-/m0/s1. The Balaban J connectivity index is 2.25. The molecule has 1 heterocycles. The predicted octanol–water partition coefficient (Wildman–Crippen LogP) is 3.07. The molecule has 0 bridgehead atoms. The molecule has 1 aromatic rings. The SMILES string of the molecule is OCCC[C@@H](c1cc(Br)cc(OC(F)(F)F)c1)N1CCNCC1. The molecule has 23 heavy (non-hydrogen) atoms. The molecule has 0 amide bonds. The minimum absolute atomic E-state index is 0.0441. The highest BCUT2D eigenvalue weighted by Crippen LogP contribution is 2.33. The van der Waals surface area contributed by atoms with Crippen molar-refractivity contribution in [3.05, 3.63) is 28.2 Å². The van der Waals surface area contributed by atoms with E-state index >= 15 is 0 Å². The molecule has 0 aromatic heterocycles. The number of nitrogens with one attached hydrogen (secondary N) is 1. The van der Waals surface area contributed by atoms with Crippen molar-refractivity contribution in [2.75, 3.05) is 32.8 Å². The maximum atomic E-state index is 12.5. The van der Waals surface area contributed by atoms with E-state index in [9.17, 15) is 13.2 Å². The molecule has 0 unspecified atom stereocenters. The molecule has 1 aliphatic rings. The number of ether oxygens (including phenoxy) is 1. The Morgan fingerprint density at radius 1 is 1.26 bits per heavy atom. The molecule has 0 saturated carbocycles. The molecule has 1 aliphatic heterocycles. The first-order chi connectivity index (χ1) is 10.9. The van der Waals surface area contributed by atoms with Gasteiger partial charge in [-0.2, -0.15) is 0 Å². The van der Waals surface area contributed by atoms with Crippen molar-refractivity contribution in [2.45, 2.75) is 25.2 Å². The lowest BCUT2D eigenvalue weighted by Gasteiger charge is -2.35. The summed E-state index contributed by atoms with van der Waals surface area (Å²) >= 11 is 3.25. The lowest BCUT2D eigenvalue weighted by molar-refractivity contribution is -0.274. The first-order valence-corrected chi connectivity index (χ1v) is 8.30. The molecule has 0 spiro atoms. The van der Waals surface area contributed by atoms with Gasteiger partial charge in [-0.15, -0.1) is 13.2 Å². The summed E-state index contributed by atoms with van der Waals surface area (Å²) in [6.07, 6.45) is -3.44. The van der Waals surface area contributed by atoms with Crippen molar-refractivity contribution in [1.82, 2.24) is 10.2 Å². The normalized spacial score (nSPS) is 18.0. The van der Waals surface area contributed by atoms with Crippen LogP contribution >= 0.6 is 15.9 Å². The van der Waals surface area contributed by atoms with E-state index in [0.717, 1.165) is 31.7 Å². The van der Waals surface area contributed by atoms with E-state index in [0.29, 0.717) is 17.3 Å². The van der Waals surface area contributed by atoms with Gasteiger partial charge in [-0.3, -0.25) is 4.90 Å². The van der Waals surface area contributed by atoms with E-state index in [1.807, 2.05) is 6.07 Å². The number of aliphatic hydroxyl groups is 1. The number of hydrogen-bond donors (Lipinski definition) is 2. The zero-order valence-electron chi connectivity index (χ0n) is 12.6. The van der Waals surface area contributed by atoms with E-state index < -0.39 is 6.36 Å². The van der Waals surface area contributed by atoms with Gasteiger partial charge >= 0.3 is 6.36 Å². The number of aliphatic hydroxyl groups excluding tert-OH is 1. The summed E-state index contributed by atoms with van der Waals surface area (Å²) in [5.74, 6) is -0.231. The minimum Gasteiger partial charge on any atom is -0.406 e. The minimum atomic E-state index is -4.71. The fraction of sp³-hybridized carbons (Fsp3) is 0.600. The van der Waals surface area contributed by atoms with Gasteiger partial charge in [0, 0.05) is 43.3 Å². The number of halogens is 4. The summed E-state index contributed by atoms with van der Waals surface area (Å²) in [5, 5.41) is 12.4. The van der Waals surface area contributed by atoms with Crippen LogP contribution in [-0.2, 0) is 0 Å². The van der Waals surface area contributed by atoms with Crippen LogP contribution in [0.5, 0.6) is 5.75 Å². The molecule has 0 aliphatic carbocycles. The highest BCUT2D eigenvalue weighted by atomic mass is 79.9. The van der Waals surface area contributed by atoms with Crippen LogP contribution in [0.4, 0.5) is 13.2 Å². The average molecular weight is 397 g/mol. The number of benzene rings is 1. The molecule has 8 heteroatoms. The fourth-order valence-electron chi connectivity index (χ4n) is 2.81. The van der Waals surface area contributed by atoms with Gasteiger partial charge in [-0.05, 0) is 36.6 Å². The Hall–Kier alpha value is -0.830. The monoisotopic (exact) mass is 396 g/mol. The molecule has 0 radical (unpaired) electrons. The lowest BCUT2D eigenvalue weighted by Crippen LogP contribution is -2.45. The Kier molecular flexibility index (Phi) is 6.70. The van der Waals surface area contributed by atoms with Gasteiger partial charge in [0.1, 0.15) is 5.75 Å². The van der Waals surface area contributed by atoms with Crippen LogP contribution in [-0.4, -0.2) is 49.2 Å². The van der Waals surface area contributed by atoms with Crippen LogP contribution in [0, 0.1) is 0 Å². The van der Waals surface area contributed by atoms with Gasteiger partial charge in [0.15, 0.2) is 0 Å². The van der Waals surface area contributed by atoms with Crippen LogP contribution in [0.1, 0.15) is 24.4 Å². The predicted molar refractivity (Wildman–Crippen MR) is 84.3 cm³/mol. The summed E-state index contributed by atoms with van der Waals surface area (Å²) in [5.41, 5.74) is 0.758. The van der Waals surface area contributed by atoms with Crippen LogP contribution < -0.4 is 10.1 Å². The maximum Gasteiger partial charge on any atom is 0.573 e. The van der Waals surface area contributed by atoms with Crippen molar-refractivity contribution >= 4 is 15.9 Å². The third-order valence-electron chi connectivity index (χ3n) is 3.74. The average Bonchev–Trinajstić information content (AvgIpc) is 2.46. The second-order valence-corrected chi connectivity index (χ2v) is 6.35. The van der Waals surface area contributed by atoms with E-state index in [1.54, 1.807) is 0 Å². The van der Waals surface area contributed by atoms with Gasteiger partial charge in [0.25, 0.3) is 0 Å². The number of piperazine rings is 1. The van der Waals surface area contributed by atoms with E-state index in [-0.39, 0.29) is 18.4 Å². The summed E-state index contributed by atoms with van der Waals surface area (Å²) in [7, 11) is 0. The summed E-state index contributed by atoms with van der Waals surface area (Å²) in [6, 6.07) is 4.50. The van der Waals surface area contributed by atoms with Crippen LogP contribution in [0.2, 0.25) is 0 Å². The molecule has 1 saturated heterocycles. The molecule has 1 fully saturated rings. The molecular formula is C15H20BrF3N2O2. The Labute approximate surface area is 141 Å². The lowest BCUT2D eigenvalue weighted by atomic mass is 9.99. The van der Waals surface area contributed by atoms with Crippen LogP contribution in [0.3, 0.4) is 0 Å². The zero-order valence-corrected chi connectivity index (χ0v) is 14.2. The van der Waals surface area contributed by atoms with Gasteiger partial charge in [0.05, 0.1) is 0 Å². The van der Waals surface area contributed by atoms with E-state index in [1.165, 1.54) is 12.1 Å². The Bertz CT molecular complexity index is 508. The number of hydrogen-bond acceptors (Lipinski definition) is 4. The fourth-order valence-corrected chi connectivity index (χ4v) is 3.30. The van der Waals surface area contributed by atoms with Crippen molar-refractivity contribution in [3.8, 4) is 5.75 Å². The number of alkyl halides is 3. The summed E-state index contributed by atoms with van der Waals surface area (Å²) in [6.45, 7) is 3.38. The van der Waals surface area contributed by atoms with Gasteiger partial charge in [-0.25, -0.2) is 0 Å². The third-order valence-corrected chi connectivity index (χ3v) is 4.20. The molecule has 4 nitrogen and oxygen atoms in total. The Morgan fingerprint density at radius 3 is 2.57 bits per heavy atom. The van der Waals surface area contributed by atoms with Crippen LogP contribution in [0.15, 0.2) is 22.7 Å². The van der Waals surface area contributed by atoms with Gasteiger partial charge in [0.2, 0.25) is 0 Å². The highest BCUT2D eigenvalue weighted by Gasteiger charge is 2.32. The molecule has 1 atom stereocenters. The second-order valence-electron chi connectivity index (χ2n) is 5.44. The third kappa shape index (κ3) is 5.95. The van der Waals surface area contributed by atoms with E-state index in [2.05, 4.69) is 30.9 Å². The van der Waals surface area contributed by atoms with Gasteiger partial charge < -0.3 is 15.2 Å². The number of nitrogens with zero attached hydrogens (tertiary/aromatic N) is 1. The molecular weight excluding hydrogens is 377 g/mol. The smallest absolute Gasteiger partial charge is 0.406 e. The van der Waals surface area contributed by atoms with E-state index in [4.69, 9.17) is 5.11 Å². The maximum absolute atomic E-state index is 12.5. The second kappa shape index (κ2) is 8.32. The first-order valence-electron chi connectivity index (χ1n) is 7.51. The molecule has 130 valence electrons. The summed E-state index contributed by atoms with van der Waals surface area (Å²) < 4.78 is 42.0. The van der Waals surface area contributed by atoms with Gasteiger partial charge in [-0.1, -0.05) is 15.9 Å². The van der Waals surface area contributed by atoms with Crippen molar-refractivity contribution in [2.24, 2.45) is 0 Å². The quantitative estimate of drug-likeness (QED) is 0.775. The molecule has 2 N–H and O–H groups in total. The largest absolute Gasteiger partial charge is 0.573 e. The van der Waals surface area contributed by atoms with Crippen LogP contribution in [0.25, 0.3) is 0 Å². The molecule has 2 rings (SSSR count). The molecule has 1 aromatic carbocycles. The highest BCUT2D eigenvalue weighted by molar-refractivity contribution is 9.10. The summed E-state index contributed by atoms with van der Waals surface area (Å²) in [4.78, 5) is 2.23. The zero-order chi connectivity index (χ0) is 16.9. The van der Waals surface area contributed by atoms with Crippen molar-refractivity contribution < 1.29 is 23.0 Å². The van der Waals surface area contributed by atoms with Crippen molar-refractivity contribution in [1.29, 1.82) is 0 Å². The Morgan fingerprint density at radius 2 is 1.96 bits per heavy atom. The number of rotatable bonds is 6. The topological polar surface area (TPSA) is 44.7 Å². The van der Waals surface area contributed by atoms with Crippen molar-refractivity contribution in [3.63, 3.8) is 0 Å². The first kappa shape index (κ1) is 18.5.